The van der Waals surface area contributed by atoms with Gasteiger partial charge in [-0.3, -0.25) is 9.69 Å². The molecular formula is C24H24N2O4S. The molecule has 3 aromatic rings. The van der Waals surface area contributed by atoms with Crippen molar-refractivity contribution in [1.82, 2.24) is 4.98 Å². The molecule has 31 heavy (non-hydrogen) atoms. The van der Waals surface area contributed by atoms with Gasteiger partial charge in [0.05, 0.1) is 0 Å². The van der Waals surface area contributed by atoms with Gasteiger partial charge in [0.25, 0.3) is 5.91 Å². The number of amides is 1. The maximum Gasteiger partial charge on any atom is 0.355 e. The van der Waals surface area contributed by atoms with Crippen molar-refractivity contribution in [2.24, 2.45) is 5.92 Å². The predicted molar refractivity (Wildman–Crippen MR) is 120 cm³/mol. The van der Waals surface area contributed by atoms with Crippen molar-refractivity contribution in [3.8, 4) is 11.5 Å². The molecule has 2 atom stereocenters. The zero-order valence-corrected chi connectivity index (χ0v) is 18.0. The van der Waals surface area contributed by atoms with Crippen LogP contribution in [0.5, 0.6) is 11.5 Å². The first kappa shape index (κ1) is 21.1. The molecule has 1 aromatic heterocycles. The van der Waals surface area contributed by atoms with Gasteiger partial charge in [-0.05, 0) is 55.2 Å². The summed E-state index contributed by atoms with van der Waals surface area (Å²) >= 11 is 1.20. The summed E-state index contributed by atoms with van der Waals surface area (Å²) in [6.45, 7) is 2.15. The summed E-state index contributed by atoms with van der Waals surface area (Å²) < 4.78 is 5.82. The summed E-state index contributed by atoms with van der Waals surface area (Å²) in [6.07, 6.45) is 4.10. The fourth-order valence-corrected chi connectivity index (χ4v) is 4.82. The molecule has 0 aliphatic heterocycles. The average Bonchev–Trinajstić information content (AvgIpc) is 3.27. The quantitative estimate of drug-likeness (QED) is 0.524. The van der Waals surface area contributed by atoms with Gasteiger partial charge in [-0.2, -0.15) is 0 Å². The molecule has 0 spiro atoms. The molecule has 1 aliphatic carbocycles. The molecular weight excluding hydrogens is 412 g/mol. The minimum Gasteiger partial charge on any atom is -0.476 e. The molecule has 0 radical (unpaired) electrons. The lowest BCUT2D eigenvalue weighted by atomic mass is 9.85. The van der Waals surface area contributed by atoms with E-state index in [-0.39, 0.29) is 17.6 Å². The number of aromatic nitrogens is 1. The Balaban J connectivity index is 1.61. The summed E-state index contributed by atoms with van der Waals surface area (Å²) in [7, 11) is 0. The number of aromatic carboxylic acids is 1. The molecule has 1 heterocycles. The van der Waals surface area contributed by atoms with Crippen molar-refractivity contribution >= 4 is 28.3 Å². The Kier molecular flexibility index (Phi) is 6.32. The maximum atomic E-state index is 13.5. The third kappa shape index (κ3) is 4.77. The number of rotatable bonds is 6. The first-order valence-electron chi connectivity index (χ1n) is 10.4. The molecule has 1 amide bonds. The molecule has 0 bridgehead atoms. The number of thiazole rings is 1. The van der Waals surface area contributed by atoms with Crippen LogP contribution >= 0.6 is 11.3 Å². The number of carboxylic acids is 1. The highest BCUT2D eigenvalue weighted by molar-refractivity contribution is 7.14. The lowest BCUT2D eigenvalue weighted by molar-refractivity contribution is 0.0690. The average molecular weight is 437 g/mol. The van der Waals surface area contributed by atoms with Gasteiger partial charge in [-0.15, -0.1) is 11.3 Å². The molecule has 2 aromatic carbocycles. The largest absolute Gasteiger partial charge is 0.476 e. The third-order valence-electron chi connectivity index (χ3n) is 5.61. The number of carbonyl (C=O) groups is 2. The van der Waals surface area contributed by atoms with Crippen LogP contribution in [0.15, 0.2) is 60.0 Å². The van der Waals surface area contributed by atoms with E-state index in [9.17, 15) is 14.7 Å². The topological polar surface area (TPSA) is 79.7 Å². The van der Waals surface area contributed by atoms with Crippen LogP contribution in [-0.2, 0) is 0 Å². The number of carboxylic acid groups (broad SMARTS) is 1. The number of benzene rings is 2. The summed E-state index contributed by atoms with van der Waals surface area (Å²) in [4.78, 5) is 30.8. The van der Waals surface area contributed by atoms with Crippen LogP contribution in [0.1, 0.15) is 53.5 Å². The molecule has 7 heteroatoms. The minimum absolute atomic E-state index is 0.00529. The predicted octanol–water partition coefficient (Wildman–Crippen LogP) is 5.86. The first-order chi connectivity index (χ1) is 15.0. The van der Waals surface area contributed by atoms with Crippen LogP contribution in [0.3, 0.4) is 0 Å². The fourth-order valence-electron chi connectivity index (χ4n) is 3.96. The van der Waals surface area contributed by atoms with Crippen LogP contribution in [0.25, 0.3) is 0 Å². The van der Waals surface area contributed by atoms with Crippen molar-refractivity contribution < 1.29 is 19.4 Å². The highest BCUT2D eigenvalue weighted by Crippen LogP contribution is 2.34. The molecule has 4 rings (SSSR count). The van der Waals surface area contributed by atoms with Gasteiger partial charge < -0.3 is 9.84 Å². The fraction of sp³-hybridized carbons (Fsp3) is 0.292. The Bertz CT molecular complexity index is 1050. The number of hydrogen-bond acceptors (Lipinski definition) is 5. The molecule has 1 fully saturated rings. The van der Waals surface area contributed by atoms with Gasteiger partial charge in [-0.1, -0.05) is 38.0 Å². The van der Waals surface area contributed by atoms with E-state index in [1.54, 1.807) is 29.2 Å². The van der Waals surface area contributed by atoms with Gasteiger partial charge in [0, 0.05) is 17.0 Å². The number of carbonyl (C=O) groups excluding carboxylic acids is 1. The van der Waals surface area contributed by atoms with Crippen molar-refractivity contribution in [3.05, 3.63) is 71.2 Å². The number of hydrogen-bond donors (Lipinski definition) is 1. The summed E-state index contributed by atoms with van der Waals surface area (Å²) in [6, 6.07) is 16.5. The Morgan fingerprint density at radius 2 is 1.71 bits per heavy atom. The van der Waals surface area contributed by atoms with Crippen LogP contribution in [0.4, 0.5) is 5.13 Å². The lowest BCUT2D eigenvalue weighted by Gasteiger charge is -2.37. The Labute approximate surface area is 185 Å². The molecule has 160 valence electrons. The van der Waals surface area contributed by atoms with E-state index in [1.807, 2.05) is 30.3 Å². The molecule has 0 saturated heterocycles. The Hall–Kier alpha value is -3.19. The Morgan fingerprint density at radius 3 is 2.35 bits per heavy atom. The van der Waals surface area contributed by atoms with Crippen LogP contribution < -0.4 is 9.64 Å². The number of para-hydroxylation sites is 1. The van der Waals surface area contributed by atoms with E-state index in [0.717, 1.165) is 31.4 Å². The van der Waals surface area contributed by atoms with Crippen LogP contribution in [0.2, 0.25) is 0 Å². The number of anilines is 1. The first-order valence-corrected chi connectivity index (χ1v) is 11.3. The normalized spacial score (nSPS) is 18.4. The van der Waals surface area contributed by atoms with E-state index >= 15 is 0 Å². The van der Waals surface area contributed by atoms with Crippen LogP contribution in [0, 0.1) is 5.92 Å². The number of ether oxygens (including phenoxy) is 1. The van der Waals surface area contributed by atoms with E-state index in [2.05, 4.69) is 11.9 Å². The van der Waals surface area contributed by atoms with Crippen molar-refractivity contribution in [2.75, 3.05) is 4.90 Å². The highest BCUT2D eigenvalue weighted by Gasteiger charge is 2.34. The monoisotopic (exact) mass is 436 g/mol. The molecule has 1 saturated carbocycles. The summed E-state index contributed by atoms with van der Waals surface area (Å²) in [5.74, 6) is 0.423. The smallest absolute Gasteiger partial charge is 0.355 e. The zero-order valence-electron chi connectivity index (χ0n) is 17.2. The molecule has 1 N–H and O–H groups in total. The zero-order chi connectivity index (χ0) is 21.8. The summed E-state index contributed by atoms with van der Waals surface area (Å²) in [5.41, 5.74) is 0.484. The summed E-state index contributed by atoms with van der Waals surface area (Å²) in [5, 5.41) is 11.2. The lowest BCUT2D eigenvalue weighted by Crippen LogP contribution is -2.45. The second-order valence-corrected chi connectivity index (χ2v) is 8.60. The van der Waals surface area contributed by atoms with Gasteiger partial charge >= 0.3 is 5.97 Å². The van der Waals surface area contributed by atoms with Crippen molar-refractivity contribution in [2.45, 2.75) is 38.6 Å². The second kappa shape index (κ2) is 9.31. The second-order valence-electron chi connectivity index (χ2n) is 7.76. The van der Waals surface area contributed by atoms with Gasteiger partial charge in [0.15, 0.2) is 10.8 Å². The standard InChI is InChI=1S/C24H24N2O4S/c1-16-7-5-6-10-21(16)26(24-25-20(15-31-24)23(28)29)22(27)17-11-13-19(14-12-17)30-18-8-3-2-4-9-18/h2-4,8-9,11-16,21H,5-7,10H2,1H3,(H,28,29)/t16-,21-/m1/s1. The van der Waals surface area contributed by atoms with E-state index < -0.39 is 5.97 Å². The van der Waals surface area contributed by atoms with Crippen molar-refractivity contribution in [3.63, 3.8) is 0 Å². The molecule has 1 aliphatic rings. The van der Waals surface area contributed by atoms with Gasteiger partial charge in [-0.25, -0.2) is 9.78 Å². The minimum atomic E-state index is -1.09. The SMILES string of the molecule is C[C@@H]1CCCC[C@H]1N(C(=O)c1ccc(Oc2ccccc2)cc1)c1nc(C(=O)O)cs1. The highest BCUT2D eigenvalue weighted by atomic mass is 32.1. The maximum absolute atomic E-state index is 13.5. The van der Waals surface area contributed by atoms with Gasteiger partial charge in [0.2, 0.25) is 0 Å². The van der Waals surface area contributed by atoms with Crippen LogP contribution in [-0.4, -0.2) is 28.0 Å². The third-order valence-corrected chi connectivity index (χ3v) is 6.45. The number of nitrogens with zero attached hydrogens (tertiary/aromatic N) is 2. The van der Waals surface area contributed by atoms with Gasteiger partial charge in [0.1, 0.15) is 11.5 Å². The molecule has 0 unspecified atom stereocenters. The molecule has 6 nitrogen and oxygen atoms in total. The van der Waals surface area contributed by atoms with E-state index in [0.29, 0.717) is 22.4 Å². The van der Waals surface area contributed by atoms with E-state index in [1.165, 1.54) is 16.7 Å². The van der Waals surface area contributed by atoms with E-state index in [4.69, 9.17) is 4.74 Å². The Morgan fingerprint density at radius 1 is 1.03 bits per heavy atom. The van der Waals surface area contributed by atoms with Crippen molar-refractivity contribution in [1.29, 1.82) is 0 Å².